The van der Waals surface area contributed by atoms with Crippen LogP contribution in [-0.2, 0) is 10.2 Å². The Balaban J connectivity index is 1.85. The first-order valence-electron chi connectivity index (χ1n) is 9.79. The van der Waals surface area contributed by atoms with Gasteiger partial charge in [0.05, 0.1) is 19.8 Å². The summed E-state index contributed by atoms with van der Waals surface area (Å²) in [5, 5.41) is 1.03. The zero-order valence-electron chi connectivity index (χ0n) is 16.7. The molecule has 2 aliphatic rings. The minimum absolute atomic E-state index is 0.0807. The van der Waals surface area contributed by atoms with Crippen LogP contribution < -0.4 is 9.47 Å². The van der Waals surface area contributed by atoms with E-state index >= 15 is 4.39 Å². The minimum Gasteiger partial charge on any atom is -0.496 e. The first-order chi connectivity index (χ1) is 14.0. The van der Waals surface area contributed by atoms with Crippen LogP contribution in [0.15, 0.2) is 36.4 Å². The summed E-state index contributed by atoms with van der Waals surface area (Å²) in [4.78, 5) is 18.0. The van der Waals surface area contributed by atoms with E-state index in [4.69, 9.17) is 9.47 Å². The van der Waals surface area contributed by atoms with Gasteiger partial charge in [-0.1, -0.05) is 12.1 Å². The molecule has 6 heteroatoms. The number of ether oxygens (including phenoxy) is 2. The van der Waals surface area contributed by atoms with Gasteiger partial charge in [0.2, 0.25) is 5.91 Å². The second kappa shape index (κ2) is 6.24. The van der Waals surface area contributed by atoms with Crippen LogP contribution >= 0.6 is 0 Å². The maximum Gasteiger partial charge on any atom is 0.220 e. The topological polar surface area (TPSA) is 54.6 Å². The standard InChI is InChI=1S/C23H23FN2O3/c1-13(27)26-12-23(10-11-23)20-19-15(7-5-9-17(19)29-3)25-21(20)22(26)18-14(24)6-4-8-16(18)28-2/h4-9,22,25H,10-12H2,1-3H3. The average molecular weight is 394 g/mol. The molecule has 0 bridgehead atoms. The summed E-state index contributed by atoms with van der Waals surface area (Å²) in [7, 11) is 3.19. The highest BCUT2D eigenvalue weighted by Crippen LogP contribution is 2.59. The van der Waals surface area contributed by atoms with Crippen molar-refractivity contribution in [3.05, 3.63) is 59.0 Å². The molecule has 1 atom stereocenters. The molecule has 1 aliphatic carbocycles. The zero-order valence-corrected chi connectivity index (χ0v) is 16.7. The second-order valence-electron chi connectivity index (χ2n) is 7.98. The Bertz CT molecular complexity index is 1130. The van der Waals surface area contributed by atoms with Crippen molar-refractivity contribution in [2.24, 2.45) is 0 Å². The Morgan fingerprint density at radius 3 is 2.48 bits per heavy atom. The number of benzene rings is 2. The fourth-order valence-electron chi connectivity index (χ4n) is 4.93. The van der Waals surface area contributed by atoms with Gasteiger partial charge in [-0.05, 0) is 42.7 Å². The van der Waals surface area contributed by atoms with Gasteiger partial charge in [-0.2, -0.15) is 0 Å². The van der Waals surface area contributed by atoms with Crippen LogP contribution in [0.3, 0.4) is 0 Å². The third kappa shape index (κ3) is 2.48. The highest BCUT2D eigenvalue weighted by molar-refractivity contribution is 5.93. The maximum atomic E-state index is 15.1. The van der Waals surface area contributed by atoms with E-state index in [9.17, 15) is 4.79 Å². The Labute approximate surface area is 168 Å². The Kier molecular flexibility index (Phi) is 3.88. The minimum atomic E-state index is -0.581. The van der Waals surface area contributed by atoms with E-state index in [2.05, 4.69) is 4.98 Å². The number of methoxy groups -OCH3 is 2. The molecule has 1 fully saturated rings. The van der Waals surface area contributed by atoms with E-state index in [1.807, 2.05) is 18.2 Å². The van der Waals surface area contributed by atoms with Crippen molar-refractivity contribution in [1.82, 2.24) is 9.88 Å². The van der Waals surface area contributed by atoms with Crippen LogP contribution in [0.4, 0.5) is 4.39 Å². The molecule has 1 amide bonds. The van der Waals surface area contributed by atoms with Gasteiger partial charge in [-0.3, -0.25) is 4.79 Å². The number of hydrogen-bond acceptors (Lipinski definition) is 3. The molecule has 3 aromatic rings. The number of carbonyl (C=O) groups excluding carboxylic acids is 1. The van der Waals surface area contributed by atoms with Crippen LogP contribution in [0.5, 0.6) is 11.5 Å². The van der Waals surface area contributed by atoms with Gasteiger partial charge in [0.15, 0.2) is 0 Å². The number of amides is 1. The predicted octanol–water partition coefficient (Wildman–Crippen LogP) is 4.31. The lowest BCUT2D eigenvalue weighted by Gasteiger charge is -2.40. The van der Waals surface area contributed by atoms with E-state index < -0.39 is 6.04 Å². The zero-order chi connectivity index (χ0) is 20.3. The number of halogens is 1. The highest BCUT2D eigenvalue weighted by Gasteiger charge is 2.55. The summed E-state index contributed by atoms with van der Waals surface area (Å²) in [5.74, 6) is 0.762. The van der Waals surface area contributed by atoms with Gasteiger partial charge in [-0.25, -0.2) is 4.39 Å². The largest absolute Gasteiger partial charge is 0.496 e. The molecule has 2 heterocycles. The molecule has 1 saturated carbocycles. The normalized spacial score (nSPS) is 19.3. The number of fused-ring (bicyclic) bond motifs is 4. The number of H-pyrrole nitrogens is 1. The quantitative estimate of drug-likeness (QED) is 0.720. The number of rotatable bonds is 3. The number of aromatic nitrogens is 1. The van der Waals surface area contributed by atoms with Gasteiger partial charge in [-0.15, -0.1) is 0 Å². The fourth-order valence-corrected chi connectivity index (χ4v) is 4.93. The molecule has 150 valence electrons. The smallest absolute Gasteiger partial charge is 0.220 e. The number of hydrogen-bond donors (Lipinski definition) is 1. The average Bonchev–Trinajstić information content (AvgIpc) is 3.36. The van der Waals surface area contributed by atoms with Gasteiger partial charge in [0.25, 0.3) is 0 Å². The van der Waals surface area contributed by atoms with Crippen molar-refractivity contribution in [3.63, 3.8) is 0 Å². The molecular weight excluding hydrogens is 371 g/mol. The molecule has 5 nitrogen and oxygen atoms in total. The van der Waals surface area contributed by atoms with E-state index in [1.54, 1.807) is 31.1 Å². The third-order valence-corrected chi connectivity index (χ3v) is 6.39. The summed E-state index contributed by atoms with van der Waals surface area (Å²) in [5.41, 5.74) is 3.21. The van der Waals surface area contributed by atoms with Gasteiger partial charge >= 0.3 is 0 Å². The van der Waals surface area contributed by atoms with Crippen LogP contribution in [0.1, 0.15) is 42.6 Å². The SMILES string of the molecule is COc1cccc(F)c1C1c2[nH]c3cccc(OC)c3c2C2(CC2)CN1C(C)=O. The van der Waals surface area contributed by atoms with Crippen molar-refractivity contribution in [2.45, 2.75) is 31.2 Å². The van der Waals surface area contributed by atoms with E-state index in [1.165, 1.54) is 13.2 Å². The van der Waals surface area contributed by atoms with Crippen LogP contribution in [0.2, 0.25) is 0 Å². The molecule has 1 spiro atoms. The monoisotopic (exact) mass is 394 g/mol. The Morgan fingerprint density at radius 2 is 1.83 bits per heavy atom. The van der Waals surface area contributed by atoms with E-state index in [0.29, 0.717) is 17.9 Å². The van der Waals surface area contributed by atoms with E-state index in [-0.39, 0.29) is 17.1 Å². The van der Waals surface area contributed by atoms with E-state index in [0.717, 1.165) is 40.8 Å². The molecule has 2 aromatic carbocycles. The Hall–Kier alpha value is -3.02. The van der Waals surface area contributed by atoms with Crippen molar-refractivity contribution in [2.75, 3.05) is 20.8 Å². The molecule has 1 unspecified atom stereocenters. The van der Waals surface area contributed by atoms with Gasteiger partial charge in [0, 0.05) is 35.5 Å². The van der Waals surface area contributed by atoms with Crippen LogP contribution in [0.25, 0.3) is 10.9 Å². The molecule has 29 heavy (non-hydrogen) atoms. The van der Waals surface area contributed by atoms with Gasteiger partial charge < -0.3 is 19.4 Å². The lowest BCUT2D eigenvalue weighted by molar-refractivity contribution is -0.131. The fraction of sp³-hybridized carbons (Fsp3) is 0.348. The van der Waals surface area contributed by atoms with Crippen molar-refractivity contribution in [3.8, 4) is 11.5 Å². The molecule has 1 aliphatic heterocycles. The predicted molar refractivity (Wildman–Crippen MR) is 108 cm³/mol. The first kappa shape index (κ1) is 18.0. The van der Waals surface area contributed by atoms with Crippen molar-refractivity contribution in [1.29, 1.82) is 0 Å². The van der Waals surface area contributed by atoms with Gasteiger partial charge in [0.1, 0.15) is 23.4 Å². The Morgan fingerprint density at radius 1 is 1.14 bits per heavy atom. The molecule has 5 rings (SSSR count). The first-order valence-corrected chi connectivity index (χ1v) is 9.79. The number of aromatic amines is 1. The number of carbonyl (C=O) groups is 1. The van der Waals surface area contributed by atoms with Crippen molar-refractivity contribution < 1.29 is 18.7 Å². The molecule has 0 radical (unpaired) electrons. The summed E-state index contributed by atoms with van der Waals surface area (Å²) in [6, 6.07) is 10.1. The summed E-state index contributed by atoms with van der Waals surface area (Å²) < 4.78 is 26.3. The summed E-state index contributed by atoms with van der Waals surface area (Å²) in [6.45, 7) is 2.10. The maximum absolute atomic E-state index is 15.1. The molecular formula is C23H23FN2O3. The second-order valence-corrected chi connectivity index (χ2v) is 7.98. The van der Waals surface area contributed by atoms with Crippen molar-refractivity contribution >= 4 is 16.8 Å². The summed E-state index contributed by atoms with van der Waals surface area (Å²) >= 11 is 0. The van der Waals surface area contributed by atoms with Crippen LogP contribution in [-0.4, -0.2) is 36.6 Å². The number of nitrogens with one attached hydrogen (secondary N) is 1. The lowest BCUT2D eigenvalue weighted by Crippen LogP contribution is -2.44. The highest BCUT2D eigenvalue weighted by atomic mass is 19.1. The lowest BCUT2D eigenvalue weighted by atomic mass is 9.82. The molecule has 1 N–H and O–H groups in total. The third-order valence-electron chi connectivity index (χ3n) is 6.39. The molecule has 0 saturated heterocycles. The number of nitrogens with zero attached hydrogens (tertiary/aromatic N) is 1. The van der Waals surface area contributed by atoms with Crippen LogP contribution in [0, 0.1) is 5.82 Å². The summed E-state index contributed by atoms with van der Waals surface area (Å²) in [6.07, 6.45) is 1.99. The molecule has 1 aromatic heterocycles.